The summed E-state index contributed by atoms with van der Waals surface area (Å²) in [6.07, 6.45) is -0.830. The van der Waals surface area contributed by atoms with Gasteiger partial charge >= 0.3 is 0 Å². The van der Waals surface area contributed by atoms with Crippen LogP contribution in [0.1, 0.15) is 0 Å². The molecule has 1 fully saturated rings. The molecule has 4 nitrogen and oxygen atoms in total. The Bertz CT molecular complexity index is 489. The highest BCUT2D eigenvalue weighted by molar-refractivity contribution is 9.10. The Balaban J connectivity index is 2.11. The van der Waals surface area contributed by atoms with E-state index in [1.54, 1.807) is 0 Å². The Morgan fingerprint density at radius 3 is 2.69 bits per heavy atom. The largest absolute Gasteiger partial charge is 0.390 e. The molecule has 0 spiro atoms. The number of hydrogen-bond acceptors (Lipinski definition) is 4. The molecule has 0 radical (unpaired) electrons. The van der Waals surface area contributed by atoms with Crippen LogP contribution in [0.15, 0.2) is 28.7 Å². The number of aliphatic hydroxyl groups is 1. The number of nitrogens with one attached hydrogen (secondary N) is 1. The summed E-state index contributed by atoms with van der Waals surface area (Å²) in [7, 11) is -3.10. The summed E-state index contributed by atoms with van der Waals surface area (Å²) in [5.74, 6) is -0.167. The van der Waals surface area contributed by atoms with Gasteiger partial charge in [-0.2, -0.15) is 0 Å². The molecule has 1 saturated heterocycles. The second-order valence-electron chi connectivity index (χ2n) is 3.91. The van der Waals surface area contributed by atoms with Crippen LogP contribution < -0.4 is 5.32 Å². The molecule has 1 heterocycles. The highest BCUT2D eigenvalue weighted by atomic mass is 79.9. The zero-order chi connectivity index (χ0) is 11.8. The lowest BCUT2D eigenvalue weighted by molar-refractivity contribution is 0.190. The Labute approximate surface area is 103 Å². The molecule has 2 rings (SSSR count). The Morgan fingerprint density at radius 1 is 1.38 bits per heavy atom. The molecule has 88 valence electrons. The van der Waals surface area contributed by atoms with Crippen LogP contribution >= 0.6 is 15.9 Å². The number of aliphatic hydroxyl groups excluding tert-OH is 1. The maximum atomic E-state index is 11.3. The summed E-state index contributed by atoms with van der Waals surface area (Å²) in [6, 6.07) is 6.99. The van der Waals surface area contributed by atoms with Crippen LogP contribution in [0.25, 0.3) is 0 Å². The SMILES string of the molecule is O=S1(=O)C[C@@H](O)[C@@H](Nc2cccc(Br)c2)C1. The van der Waals surface area contributed by atoms with E-state index in [0.717, 1.165) is 10.2 Å². The number of hydrogen-bond donors (Lipinski definition) is 2. The maximum Gasteiger partial charge on any atom is 0.155 e. The average molecular weight is 306 g/mol. The van der Waals surface area contributed by atoms with E-state index in [-0.39, 0.29) is 11.5 Å². The van der Waals surface area contributed by atoms with Crippen LogP contribution in [0, 0.1) is 0 Å². The predicted molar refractivity (Wildman–Crippen MR) is 66.2 cm³/mol. The van der Waals surface area contributed by atoms with Crippen molar-refractivity contribution in [2.24, 2.45) is 0 Å². The minimum absolute atomic E-state index is 0.0132. The lowest BCUT2D eigenvalue weighted by Gasteiger charge is -2.16. The molecule has 1 aliphatic heterocycles. The first-order valence-corrected chi connectivity index (χ1v) is 7.48. The van der Waals surface area contributed by atoms with Crippen molar-refractivity contribution < 1.29 is 13.5 Å². The number of rotatable bonds is 2. The van der Waals surface area contributed by atoms with Crippen molar-refractivity contribution in [3.05, 3.63) is 28.7 Å². The van der Waals surface area contributed by atoms with E-state index in [1.165, 1.54) is 0 Å². The monoisotopic (exact) mass is 305 g/mol. The quantitative estimate of drug-likeness (QED) is 0.856. The summed E-state index contributed by atoms with van der Waals surface area (Å²) in [6.45, 7) is 0. The van der Waals surface area contributed by atoms with Gasteiger partial charge in [0.2, 0.25) is 0 Å². The van der Waals surface area contributed by atoms with E-state index in [0.29, 0.717) is 0 Å². The van der Waals surface area contributed by atoms with Gasteiger partial charge in [0.25, 0.3) is 0 Å². The van der Waals surface area contributed by atoms with Gasteiger partial charge in [0.1, 0.15) is 0 Å². The maximum absolute atomic E-state index is 11.3. The summed E-state index contributed by atoms with van der Waals surface area (Å²) >= 11 is 3.33. The number of benzene rings is 1. The van der Waals surface area contributed by atoms with Gasteiger partial charge in [0.05, 0.1) is 23.7 Å². The number of sulfone groups is 1. The fourth-order valence-corrected chi connectivity index (χ4v) is 3.90. The van der Waals surface area contributed by atoms with Crippen molar-refractivity contribution in [3.63, 3.8) is 0 Å². The second kappa shape index (κ2) is 4.35. The highest BCUT2D eigenvalue weighted by Gasteiger charge is 2.36. The molecular formula is C10H12BrNO3S. The van der Waals surface area contributed by atoms with E-state index in [4.69, 9.17) is 0 Å². The smallest absolute Gasteiger partial charge is 0.155 e. The van der Waals surface area contributed by atoms with E-state index < -0.39 is 22.0 Å². The molecule has 0 amide bonds. The number of halogens is 1. The lowest BCUT2D eigenvalue weighted by Crippen LogP contribution is -2.31. The van der Waals surface area contributed by atoms with Crippen LogP contribution in [0.4, 0.5) is 5.69 Å². The molecule has 1 aromatic carbocycles. The van der Waals surface area contributed by atoms with E-state index in [1.807, 2.05) is 24.3 Å². The molecule has 0 bridgehead atoms. The van der Waals surface area contributed by atoms with Crippen LogP contribution in [0.3, 0.4) is 0 Å². The van der Waals surface area contributed by atoms with E-state index >= 15 is 0 Å². The minimum Gasteiger partial charge on any atom is -0.390 e. The van der Waals surface area contributed by atoms with Crippen LogP contribution in [-0.2, 0) is 9.84 Å². The number of anilines is 1. The van der Waals surface area contributed by atoms with Crippen LogP contribution in [0.2, 0.25) is 0 Å². The minimum atomic E-state index is -3.10. The van der Waals surface area contributed by atoms with Gasteiger partial charge in [-0.3, -0.25) is 0 Å². The second-order valence-corrected chi connectivity index (χ2v) is 6.97. The predicted octanol–water partition coefficient (Wildman–Crippen LogP) is 1.02. The summed E-state index contributed by atoms with van der Waals surface area (Å²) in [5.41, 5.74) is 0.801. The van der Waals surface area contributed by atoms with Gasteiger partial charge in [-0.25, -0.2) is 8.42 Å². The standard InChI is InChI=1S/C10H12BrNO3S/c11-7-2-1-3-8(4-7)12-9-5-16(14,15)6-10(9)13/h1-4,9-10,12-13H,5-6H2/t9-,10+/m0/s1. The van der Waals surface area contributed by atoms with Crippen molar-refractivity contribution in [3.8, 4) is 0 Å². The topological polar surface area (TPSA) is 66.4 Å². The Kier molecular flexibility index (Phi) is 3.23. The summed E-state index contributed by atoms with van der Waals surface area (Å²) < 4.78 is 23.5. The molecule has 6 heteroatoms. The van der Waals surface area contributed by atoms with Gasteiger partial charge in [0.15, 0.2) is 9.84 Å². The highest BCUT2D eigenvalue weighted by Crippen LogP contribution is 2.20. The average Bonchev–Trinajstić information content (AvgIpc) is 2.39. The van der Waals surface area contributed by atoms with Gasteiger partial charge < -0.3 is 10.4 Å². The zero-order valence-corrected chi connectivity index (χ0v) is 10.8. The van der Waals surface area contributed by atoms with Crippen molar-refractivity contribution in [1.82, 2.24) is 0 Å². The Hall–Kier alpha value is -0.590. The molecule has 1 aliphatic rings. The fourth-order valence-electron chi connectivity index (χ4n) is 1.76. The van der Waals surface area contributed by atoms with Crippen molar-refractivity contribution in [2.75, 3.05) is 16.8 Å². The van der Waals surface area contributed by atoms with Crippen LogP contribution in [0.5, 0.6) is 0 Å². The first-order chi connectivity index (χ1) is 7.46. The molecule has 0 aromatic heterocycles. The first-order valence-electron chi connectivity index (χ1n) is 4.87. The van der Waals surface area contributed by atoms with Gasteiger partial charge in [-0.15, -0.1) is 0 Å². The third kappa shape index (κ3) is 2.75. The third-order valence-corrected chi connectivity index (χ3v) is 4.71. The molecular weight excluding hydrogens is 294 g/mol. The molecule has 16 heavy (non-hydrogen) atoms. The molecule has 2 atom stereocenters. The third-order valence-electron chi connectivity index (χ3n) is 2.50. The Morgan fingerprint density at radius 2 is 2.12 bits per heavy atom. The molecule has 2 N–H and O–H groups in total. The first kappa shape index (κ1) is 11.9. The van der Waals surface area contributed by atoms with Crippen molar-refractivity contribution in [2.45, 2.75) is 12.1 Å². The molecule has 0 aliphatic carbocycles. The summed E-state index contributed by atoms with van der Waals surface area (Å²) in [4.78, 5) is 0. The molecule has 0 unspecified atom stereocenters. The molecule has 1 aromatic rings. The van der Waals surface area contributed by atoms with Crippen molar-refractivity contribution >= 4 is 31.5 Å². The molecule has 0 saturated carbocycles. The van der Waals surface area contributed by atoms with E-state index in [9.17, 15) is 13.5 Å². The fraction of sp³-hybridized carbons (Fsp3) is 0.400. The van der Waals surface area contributed by atoms with Crippen LogP contribution in [-0.4, -0.2) is 37.2 Å². The summed E-state index contributed by atoms with van der Waals surface area (Å²) in [5, 5.41) is 12.6. The lowest BCUT2D eigenvalue weighted by atomic mass is 10.2. The van der Waals surface area contributed by atoms with Gasteiger partial charge in [0, 0.05) is 10.2 Å². The van der Waals surface area contributed by atoms with Gasteiger partial charge in [-0.1, -0.05) is 22.0 Å². The van der Waals surface area contributed by atoms with Gasteiger partial charge in [-0.05, 0) is 18.2 Å². The van der Waals surface area contributed by atoms with Crippen molar-refractivity contribution in [1.29, 1.82) is 0 Å². The van der Waals surface area contributed by atoms with E-state index in [2.05, 4.69) is 21.2 Å². The zero-order valence-electron chi connectivity index (χ0n) is 8.43. The normalized spacial score (nSPS) is 27.9.